The van der Waals surface area contributed by atoms with Crippen LogP contribution in [-0.4, -0.2) is 20.5 Å². The van der Waals surface area contributed by atoms with Gasteiger partial charge in [-0.15, -0.1) is 0 Å². The SMILES string of the molecule is Nc1ccn2c(CCC(=O)O)nc(Br)c2c1. The predicted octanol–water partition coefficient (Wildman–Crippen LogP) is 1.70. The number of aryl methyl sites for hydroxylation is 1. The average Bonchev–Trinajstić information content (AvgIpc) is 2.53. The van der Waals surface area contributed by atoms with Crippen LogP contribution < -0.4 is 5.73 Å². The smallest absolute Gasteiger partial charge is 0.303 e. The summed E-state index contributed by atoms with van der Waals surface area (Å²) in [6.45, 7) is 0. The first-order chi connectivity index (χ1) is 7.58. The van der Waals surface area contributed by atoms with Gasteiger partial charge in [-0.2, -0.15) is 0 Å². The standard InChI is InChI=1S/C10H10BrN3O2/c11-10-7-5-6(12)3-4-14(7)8(13-10)1-2-9(15)16/h3-5H,1-2,12H2,(H,15,16). The first-order valence-electron chi connectivity index (χ1n) is 4.71. The van der Waals surface area contributed by atoms with E-state index in [9.17, 15) is 4.79 Å². The largest absolute Gasteiger partial charge is 0.481 e. The Morgan fingerprint density at radius 2 is 2.38 bits per heavy atom. The molecule has 2 heterocycles. The van der Waals surface area contributed by atoms with Crippen molar-refractivity contribution in [1.82, 2.24) is 9.38 Å². The van der Waals surface area contributed by atoms with Gasteiger partial charge in [0.15, 0.2) is 0 Å². The van der Waals surface area contributed by atoms with E-state index in [0.717, 1.165) is 5.52 Å². The fraction of sp³-hybridized carbons (Fsp3) is 0.200. The lowest BCUT2D eigenvalue weighted by Crippen LogP contribution is -2.01. The number of carbonyl (C=O) groups is 1. The maximum absolute atomic E-state index is 10.5. The molecule has 16 heavy (non-hydrogen) atoms. The van der Waals surface area contributed by atoms with Crippen molar-refractivity contribution in [3.05, 3.63) is 28.8 Å². The molecule has 3 N–H and O–H groups in total. The number of imidazole rings is 1. The third-order valence-corrected chi connectivity index (χ3v) is 2.84. The second kappa shape index (κ2) is 4.13. The number of hydrogen-bond acceptors (Lipinski definition) is 3. The van der Waals surface area contributed by atoms with Crippen LogP contribution in [0.5, 0.6) is 0 Å². The molecule has 0 radical (unpaired) electrons. The molecule has 0 fully saturated rings. The zero-order chi connectivity index (χ0) is 11.7. The maximum Gasteiger partial charge on any atom is 0.303 e. The number of hydrogen-bond donors (Lipinski definition) is 2. The van der Waals surface area contributed by atoms with Gasteiger partial charge in [-0.05, 0) is 28.1 Å². The number of carboxylic acid groups (broad SMARTS) is 1. The molecule has 0 aliphatic carbocycles. The molecule has 2 aromatic rings. The molecule has 0 aliphatic heterocycles. The maximum atomic E-state index is 10.5. The summed E-state index contributed by atoms with van der Waals surface area (Å²) < 4.78 is 2.52. The van der Waals surface area contributed by atoms with E-state index in [2.05, 4.69) is 20.9 Å². The minimum Gasteiger partial charge on any atom is -0.481 e. The number of rotatable bonds is 3. The van der Waals surface area contributed by atoms with Crippen LogP contribution in [-0.2, 0) is 11.2 Å². The minimum absolute atomic E-state index is 0.0654. The van der Waals surface area contributed by atoms with Crippen LogP contribution in [0.3, 0.4) is 0 Å². The molecule has 0 aromatic carbocycles. The van der Waals surface area contributed by atoms with Crippen LogP contribution in [0, 0.1) is 0 Å². The molecule has 0 amide bonds. The van der Waals surface area contributed by atoms with E-state index in [-0.39, 0.29) is 6.42 Å². The number of nitrogens with two attached hydrogens (primary N) is 1. The van der Waals surface area contributed by atoms with E-state index in [1.54, 1.807) is 18.3 Å². The lowest BCUT2D eigenvalue weighted by Gasteiger charge is -2.00. The summed E-state index contributed by atoms with van der Waals surface area (Å²) in [5.41, 5.74) is 7.17. The first-order valence-corrected chi connectivity index (χ1v) is 5.51. The molecule has 2 rings (SSSR count). The Balaban J connectivity index is 2.43. The zero-order valence-electron chi connectivity index (χ0n) is 8.35. The van der Waals surface area contributed by atoms with Crippen molar-refractivity contribution in [2.75, 3.05) is 5.73 Å². The van der Waals surface area contributed by atoms with Gasteiger partial charge in [0.05, 0.1) is 11.9 Å². The lowest BCUT2D eigenvalue weighted by molar-refractivity contribution is -0.137. The van der Waals surface area contributed by atoms with Crippen LogP contribution in [0.1, 0.15) is 12.2 Å². The van der Waals surface area contributed by atoms with E-state index in [1.165, 1.54) is 0 Å². The number of halogens is 1. The van der Waals surface area contributed by atoms with Gasteiger partial charge in [0, 0.05) is 18.3 Å². The van der Waals surface area contributed by atoms with Gasteiger partial charge in [-0.25, -0.2) is 4.98 Å². The number of fused-ring (bicyclic) bond motifs is 1. The molecular weight excluding hydrogens is 274 g/mol. The van der Waals surface area contributed by atoms with Crippen molar-refractivity contribution in [3.63, 3.8) is 0 Å². The summed E-state index contributed by atoms with van der Waals surface area (Å²) in [4.78, 5) is 14.8. The van der Waals surface area contributed by atoms with Gasteiger partial charge in [-0.1, -0.05) is 0 Å². The van der Waals surface area contributed by atoms with Crippen molar-refractivity contribution in [2.45, 2.75) is 12.8 Å². The van der Waals surface area contributed by atoms with Crippen LogP contribution in [0.25, 0.3) is 5.52 Å². The van der Waals surface area contributed by atoms with Crippen LogP contribution in [0.2, 0.25) is 0 Å². The van der Waals surface area contributed by atoms with Crippen LogP contribution in [0.15, 0.2) is 22.9 Å². The Labute approximate surface area is 100 Å². The Bertz CT molecular complexity index is 550. The number of anilines is 1. The molecule has 84 valence electrons. The van der Waals surface area contributed by atoms with Gasteiger partial charge >= 0.3 is 5.97 Å². The van der Waals surface area contributed by atoms with Crippen molar-refractivity contribution in [3.8, 4) is 0 Å². The fourth-order valence-electron chi connectivity index (χ4n) is 1.52. The molecule has 6 heteroatoms. The highest BCUT2D eigenvalue weighted by Gasteiger charge is 2.10. The van der Waals surface area contributed by atoms with Crippen LogP contribution >= 0.6 is 15.9 Å². The molecule has 0 saturated carbocycles. The van der Waals surface area contributed by atoms with E-state index in [0.29, 0.717) is 22.5 Å². The third kappa shape index (κ3) is 2.01. The van der Waals surface area contributed by atoms with Gasteiger partial charge < -0.3 is 15.2 Å². The zero-order valence-corrected chi connectivity index (χ0v) is 9.94. The number of nitrogen functional groups attached to an aromatic ring is 1. The van der Waals surface area contributed by atoms with Gasteiger partial charge in [0.1, 0.15) is 10.4 Å². The Morgan fingerprint density at radius 3 is 3.06 bits per heavy atom. The summed E-state index contributed by atoms with van der Waals surface area (Å²) in [6.07, 6.45) is 2.25. The second-order valence-electron chi connectivity index (χ2n) is 3.43. The predicted molar refractivity (Wildman–Crippen MR) is 63.3 cm³/mol. The summed E-state index contributed by atoms with van der Waals surface area (Å²) in [5, 5.41) is 8.63. The summed E-state index contributed by atoms with van der Waals surface area (Å²) >= 11 is 3.32. The van der Waals surface area contributed by atoms with Gasteiger partial charge in [0.2, 0.25) is 0 Å². The number of aliphatic carboxylic acids is 1. The summed E-state index contributed by atoms with van der Waals surface area (Å²) in [6, 6.07) is 3.55. The average molecular weight is 284 g/mol. The van der Waals surface area contributed by atoms with Crippen molar-refractivity contribution < 1.29 is 9.90 Å². The van der Waals surface area contributed by atoms with Crippen molar-refractivity contribution in [1.29, 1.82) is 0 Å². The Morgan fingerprint density at radius 1 is 1.62 bits per heavy atom. The number of pyridine rings is 1. The molecule has 0 atom stereocenters. The van der Waals surface area contributed by atoms with Crippen molar-refractivity contribution in [2.24, 2.45) is 0 Å². The van der Waals surface area contributed by atoms with Crippen LogP contribution in [0.4, 0.5) is 5.69 Å². The highest BCUT2D eigenvalue weighted by atomic mass is 79.9. The molecule has 0 unspecified atom stereocenters. The van der Waals surface area contributed by atoms with Crippen molar-refractivity contribution >= 4 is 33.1 Å². The second-order valence-corrected chi connectivity index (χ2v) is 4.18. The highest BCUT2D eigenvalue weighted by Crippen LogP contribution is 2.21. The fourth-order valence-corrected chi connectivity index (χ4v) is 2.03. The number of aromatic nitrogens is 2. The molecule has 0 spiro atoms. The first kappa shape index (κ1) is 10.9. The quantitative estimate of drug-likeness (QED) is 0.898. The minimum atomic E-state index is -0.830. The van der Waals surface area contributed by atoms with Gasteiger partial charge in [-0.3, -0.25) is 4.79 Å². The molecule has 0 bridgehead atoms. The molecule has 5 nitrogen and oxygen atoms in total. The normalized spacial score (nSPS) is 10.8. The number of carboxylic acids is 1. The monoisotopic (exact) mass is 283 g/mol. The highest BCUT2D eigenvalue weighted by molar-refractivity contribution is 9.10. The Kier molecular flexibility index (Phi) is 2.82. The molecule has 0 aliphatic rings. The third-order valence-electron chi connectivity index (χ3n) is 2.26. The van der Waals surface area contributed by atoms with E-state index in [1.807, 2.05) is 4.40 Å². The van der Waals surface area contributed by atoms with E-state index < -0.39 is 5.97 Å². The summed E-state index contributed by atoms with van der Waals surface area (Å²) in [5.74, 6) is -0.118. The van der Waals surface area contributed by atoms with E-state index >= 15 is 0 Å². The molecule has 2 aromatic heterocycles. The topological polar surface area (TPSA) is 80.6 Å². The van der Waals surface area contributed by atoms with Gasteiger partial charge in [0.25, 0.3) is 0 Å². The summed E-state index contributed by atoms with van der Waals surface area (Å²) in [7, 11) is 0. The molecular formula is C10H10BrN3O2. The van der Waals surface area contributed by atoms with E-state index in [4.69, 9.17) is 10.8 Å². The number of nitrogens with zero attached hydrogens (tertiary/aromatic N) is 2. The Hall–Kier alpha value is -1.56. The lowest BCUT2D eigenvalue weighted by atomic mass is 10.3. The molecule has 0 saturated heterocycles.